The Balaban J connectivity index is 1.65. The molecule has 0 N–H and O–H groups in total. The van der Waals surface area contributed by atoms with Gasteiger partial charge in [-0.3, -0.25) is 9.69 Å². The Morgan fingerprint density at radius 1 is 1.15 bits per heavy atom. The standard InChI is InChI=1S/C14H17BrN2O3/c15-3-4-16-5-7-17(8-6-16)14(18)11-1-2-12-13(9-11)20-10-19-12/h1-2,9H,3-8,10H2. The highest BCUT2D eigenvalue weighted by atomic mass is 79.9. The third-order valence-corrected chi connectivity index (χ3v) is 4.03. The first-order valence-electron chi connectivity index (χ1n) is 6.75. The van der Waals surface area contributed by atoms with Gasteiger partial charge >= 0.3 is 0 Å². The fourth-order valence-electron chi connectivity index (χ4n) is 2.51. The van der Waals surface area contributed by atoms with Crippen molar-refractivity contribution in [1.29, 1.82) is 0 Å². The third-order valence-electron chi connectivity index (χ3n) is 3.68. The minimum absolute atomic E-state index is 0.0711. The summed E-state index contributed by atoms with van der Waals surface area (Å²) in [6, 6.07) is 5.38. The summed E-state index contributed by atoms with van der Waals surface area (Å²) in [5.74, 6) is 1.44. The van der Waals surface area contributed by atoms with Crippen molar-refractivity contribution in [2.75, 3.05) is 44.8 Å². The van der Waals surface area contributed by atoms with E-state index in [9.17, 15) is 4.79 Å². The van der Waals surface area contributed by atoms with E-state index in [0.29, 0.717) is 17.1 Å². The fourth-order valence-corrected chi connectivity index (χ4v) is 3.01. The van der Waals surface area contributed by atoms with Gasteiger partial charge in [-0.25, -0.2) is 0 Å². The molecule has 1 aromatic rings. The van der Waals surface area contributed by atoms with E-state index in [1.54, 1.807) is 18.2 Å². The summed E-state index contributed by atoms with van der Waals surface area (Å²) in [4.78, 5) is 16.7. The zero-order valence-electron chi connectivity index (χ0n) is 11.2. The summed E-state index contributed by atoms with van der Waals surface area (Å²) >= 11 is 3.45. The van der Waals surface area contributed by atoms with Crippen molar-refractivity contribution in [2.24, 2.45) is 0 Å². The molecule has 0 radical (unpaired) electrons. The van der Waals surface area contributed by atoms with Crippen LogP contribution in [0.3, 0.4) is 0 Å². The summed E-state index contributed by atoms with van der Waals surface area (Å²) in [5, 5.41) is 0.975. The van der Waals surface area contributed by atoms with E-state index in [1.165, 1.54) is 0 Å². The quantitative estimate of drug-likeness (QED) is 0.783. The van der Waals surface area contributed by atoms with Crippen molar-refractivity contribution < 1.29 is 14.3 Å². The number of nitrogens with zero attached hydrogens (tertiary/aromatic N) is 2. The van der Waals surface area contributed by atoms with Gasteiger partial charge in [-0.15, -0.1) is 0 Å². The molecule has 1 amide bonds. The number of amides is 1. The van der Waals surface area contributed by atoms with E-state index in [4.69, 9.17) is 9.47 Å². The number of halogens is 1. The monoisotopic (exact) mass is 340 g/mol. The van der Waals surface area contributed by atoms with Crippen molar-refractivity contribution in [3.8, 4) is 11.5 Å². The molecular weight excluding hydrogens is 324 g/mol. The summed E-state index contributed by atoms with van der Waals surface area (Å²) in [5.41, 5.74) is 0.670. The second-order valence-electron chi connectivity index (χ2n) is 4.89. The molecule has 0 atom stereocenters. The average molecular weight is 341 g/mol. The maximum atomic E-state index is 12.5. The number of alkyl halides is 1. The van der Waals surface area contributed by atoms with Crippen LogP contribution in [0.4, 0.5) is 0 Å². The Bertz CT molecular complexity index is 501. The number of benzene rings is 1. The normalized spacial score (nSPS) is 18.4. The molecular formula is C14H17BrN2O3. The van der Waals surface area contributed by atoms with E-state index >= 15 is 0 Å². The minimum Gasteiger partial charge on any atom is -0.454 e. The van der Waals surface area contributed by atoms with Crippen LogP contribution in [0.2, 0.25) is 0 Å². The number of piperazine rings is 1. The van der Waals surface area contributed by atoms with Crippen molar-refractivity contribution >= 4 is 21.8 Å². The Kier molecular flexibility index (Phi) is 4.12. The molecule has 0 bridgehead atoms. The largest absolute Gasteiger partial charge is 0.454 e. The average Bonchev–Trinajstić information content (AvgIpc) is 2.95. The van der Waals surface area contributed by atoms with Gasteiger partial charge in [0.2, 0.25) is 6.79 Å². The van der Waals surface area contributed by atoms with Crippen LogP contribution in [0.5, 0.6) is 11.5 Å². The lowest BCUT2D eigenvalue weighted by molar-refractivity contribution is 0.0644. The van der Waals surface area contributed by atoms with Crippen molar-refractivity contribution in [3.05, 3.63) is 23.8 Å². The van der Waals surface area contributed by atoms with Crippen LogP contribution in [0.1, 0.15) is 10.4 Å². The van der Waals surface area contributed by atoms with Crippen LogP contribution < -0.4 is 9.47 Å². The predicted molar refractivity (Wildman–Crippen MR) is 78.7 cm³/mol. The molecule has 6 heteroatoms. The molecule has 2 heterocycles. The van der Waals surface area contributed by atoms with Crippen molar-refractivity contribution in [3.63, 3.8) is 0 Å². The van der Waals surface area contributed by atoms with Crippen LogP contribution in [0, 0.1) is 0 Å². The number of hydrogen-bond acceptors (Lipinski definition) is 4. The zero-order valence-corrected chi connectivity index (χ0v) is 12.8. The van der Waals surface area contributed by atoms with Crippen LogP contribution >= 0.6 is 15.9 Å². The van der Waals surface area contributed by atoms with E-state index in [1.807, 2.05) is 4.90 Å². The number of carbonyl (C=O) groups is 1. The van der Waals surface area contributed by atoms with Crippen molar-refractivity contribution in [1.82, 2.24) is 9.80 Å². The summed E-state index contributed by atoms with van der Waals surface area (Å²) in [7, 11) is 0. The molecule has 0 saturated carbocycles. The van der Waals surface area contributed by atoms with Crippen LogP contribution in [-0.4, -0.2) is 60.6 Å². The molecule has 2 aliphatic heterocycles. The maximum absolute atomic E-state index is 12.5. The number of rotatable bonds is 3. The maximum Gasteiger partial charge on any atom is 0.254 e. The Morgan fingerprint density at radius 2 is 1.90 bits per heavy atom. The highest BCUT2D eigenvalue weighted by Crippen LogP contribution is 2.32. The highest BCUT2D eigenvalue weighted by Gasteiger charge is 2.23. The van der Waals surface area contributed by atoms with Gasteiger partial charge in [-0.05, 0) is 18.2 Å². The summed E-state index contributed by atoms with van der Waals surface area (Å²) in [6.07, 6.45) is 0. The lowest BCUT2D eigenvalue weighted by Gasteiger charge is -2.34. The molecule has 2 aliphatic rings. The molecule has 108 valence electrons. The third kappa shape index (κ3) is 2.76. The van der Waals surface area contributed by atoms with E-state index in [0.717, 1.165) is 38.1 Å². The molecule has 0 spiro atoms. The van der Waals surface area contributed by atoms with Gasteiger partial charge in [0.15, 0.2) is 11.5 Å². The van der Waals surface area contributed by atoms with Gasteiger partial charge in [-0.1, -0.05) is 15.9 Å². The molecule has 0 aromatic heterocycles. The zero-order chi connectivity index (χ0) is 13.9. The first-order chi connectivity index (χ1) is 9.78. The van der Waals surface area contributed by atoms with Gasteiger partial charge in [0, 0.05) is 43.6 Å². The molecule has 1 aromatic carbocycles. The van der Waals surface area contributed by atoms with Gasteiger partial charge in [0.25, 0.3) is 5.91 Å². The van der Waals surface area contributed by atoms with E-state index in [-0.39, 0.29) is 12.7 Å². The summed E-state index contributed by atoms with van der Waals surface area (Å²) < 4.78 is 10.6. The Morgan fingerprint density at radius 3 is 2.65 bits per heavy atom. The molecule has 1 fully saturated rings. The first-order valence-corrected chi connectivity index (χ1v) is 7.87. The van der Waals surface area contributed by atoms with E-state index < -0.39 is 0 Å². The Hall–Kier alpha value is -1.27. The second-order valence-corrected chi connectivity index (χ2v) is 5.68. The van der Waals surface area contributed by atoms with Crippen LogP contribution in [0.15, 0.2) is 18.2 Å². The van der Waals surface area contributed by atoms with E-state index in [2.05, 4.69) is 20.8 Å². The van der Waals surface area contributed by atoms with Crippen LogP contribution in [-0.2, 0) is 0 Å². The molecule has 0 unspecified atom stereocenters. The summed E-state index contributed by atoms with van der Waals surface area (Å²) in [6.45, 7) is 4.69. The lowest BCUT2D eigenvalue weighted by Crippen LogP contribution is -2.49. The molecule has 0 aliphatic carbocycles. The minimum atomic E-state index is 0.0711. The number of fused-ring (bicyclic) bond motifs is 1. The topological polar surface area (TPSA) is 42.0 Å². The second kappa shape index (κ2) is 6.01. The fraction of sp³-hybridized carbons (Fsp3) is 0.500. The lowest BCUT2D eigenvalue weighted by atomic mass is 10.1. The van der Waals surface area contributed by atoms with Crippen LogP contribution in [0.25, 0.3) is 0 Å². The number of hydrogen-bond donors (Lipinski definition) is 0. The van der Waals surface area contributed by atoms with Crippen molar-refractivity contribution in [2.45, 2.75) is 0 Å². The Labute approximate surface area is 126 Å². The molecule has 5 nitrogen and oxygen atoms in total. The molecule has 20 heavy (non-hydrogen) atoms. The number of ether oxygens (including phenoxy) is 2. The first kappa shape index (κ1) is 13.7. The highest BCUT2D eigenvalue weighted by molar-refractivity contribution is 9.09. The van der Waals surface area contributed by atoms with Gasteiger partial charge < -0.3 is 14.4 Å². The predicted octanol–water partition coefficient (Wildman–Crippen LogP) is 1.57. The SMILES string of the molecule is O=C(c1ccc2c(c1)OCO2)N1CCN(CCBr)CC1. The molecule has 3 rings (SSSR count). The van der Waals surface area contributed by atoms with Gasteiger partial charge in [-0.2, -0.15) is 0 Å². The molecule has 1 saturated heterocycles. The number of carbonyl (C=O) groups excluding carboxylic acids is 1. The van der Waals surface area contributed by atoms with Gasteiger partial charge in [0.1, 0.15) is 0 Å². The smallest absolute Gasteiger partial charge is 0.254 e. The van der Waals surface area contributed by atoms with Gasteiger partial charge in [0.05, 0.1) is 0 Å².